The van der Waals surface area contributed by atoms with E-state index in [1.54, 1.807) is 7.11 Å². The van der Waals surface area contributed by atoms with Crippen LogP contribution in [-0.2, 0) is 0 Å². The van der Waals surface area contributed by atoms with E-state index in [1.165, 1.54) is 19.3 Å². The lowest BCUT2D eigenvalue weighted by Crippen LogP contribution is -2.01. The lowest BCUT2D eigenvalue weighted by atomic mass is 9.98. The molecule has 3 rings (SSSR count). The Balaban J connectivity index is 1.89. The van der Waals surface area contributed by atoms with Gasteiger partial charge < -0.3 is 15.2 Å². The summed E-state index contributed by atoms with van der Waals surface area (Å²) in [6.45, 7) is 2.91. The van der Waals surface area contributed by atoms with Gasteiger partial charge in [0.25, 0.3) is 0 Å². The van der Waals surface area contributed by atoms with Crippen LogP contribution in [0.4, 0.5) is 5.82 Å². The van der Waals surface area contributed by atoms with Gasteiger partial charge in [0.2, 0.25) is 0 Å². The summed E-state index contributed by atoms with van der Waals surface area (Å²) in [5.74, 6) is 1.72. The summed E-state index contributed by atoms with van der Waals surface area (Å²) in [4.78, 5) is 4.44. The van der Waals surface area contributed by atoms with Crippen molar-refractivity contribution in [2.24, 2.45) is 0 Å². The molecule has 2 N–H and O–H groups in total. The first-order valence-electron chi connectivity index (χ1n) is 10.2. The maximum atomic E-state index is 9.64. The number of methoxy groups -OCH3 is 1. The molecule has 0 amide bonds. The zero-order valence-electron chi connectivity index (χ0n) is 17.5. The summed E-state index contributed by atoms with van der Waals surface area (Å²) in [6.07, 6.45) is 4.68. The van der Waals surface area contributed by atoms with Crippen LogP contribution in [0.3, 0.4) is 0 Å². The Morgan fingerprint density at radius 1 is 1.00 bits per heavy atom. The molecule has 0 atom stereocenters. The molecule has 0 bridgehead atoms. The Morgan fingerprint density at radius 3 is 2.47 bits per heavy atom. The number of pyridine rings is 1. The van der Waals surface area contributed by atoms with E-state index in [9.17, 15) is 5.26 Å². The average molecular weight is 402 g/mol. The molecule has 2 aromatic carbocycles. The van der Waals surface area contributed by atoms with Gasteiger partial charge in [0, 0.05) is 11.1 Å². The van der Waals surface area contributed by atoms with E-state index in [0.717, 1.165) is 28.9 Å². The third kappa shape index (κ3) is 4.90. The van der Waals surface area contributed by atoms with Gasteiger partial charge in [-0.2, -0.15) is 5.26 Å². The van der Waals surface area contributed by atoms with E-state index in [4.69, 9.17) is 15.2 Å². The van der Waals surface area contributed by atoms with Crippen LogP contribution < -0.4 is 15.2 Å². The van der Waals surface area contributed by atoms with Crippen molar-refractivity contribution in [2.75, 3.05) is 19.5 Å². The number of nitrogen functional groups attached to an aromatic ring is 1. The summed E-state index contributed by atoms with van der Waals surface area (Å²) in [5.41, 5.74) is 9.60. The Hall–Kier alpha value is -3.52. The van der Waals surface area contributed by atoms with Crippen molar-refractivity contribution in [1.82, 2.24) is 4.98 Å². The maximum absolute atomic E-state index is 9.64. The van der Waals surface area contributed by atoms with Crippen molar-refractivity contribution in [2.45, 2.75) is 32.6 Å². The highest BCUT2D eigenvalue weighted by molar-refractivity contribution is 5.81. The fourth-order valence-electron chi connectivity index (χ4n) is 3.35. The highest BCUT2D eigenvalue weighted by Crippen LogP contribution is 2.35. The molecule has 0 radical (unpaired) electrons. The number of para-hydroxylation sites is 1. The molecule has 1 heterocycles. The Kier molecular flexibility index (Phi) is 7.29. The molecular formula is C25H27N3O2. The number of unbranched alkanes of at least 4 members (excludes halogenated alkanes) is 3. The largest absolute Gasteiger partial charge is 0.496 e. The number of aromatic nitrogens is 1. The highest BCUT2D eigenvalue weighted by atomic mass is 16.5. The van der Waals surface area contributed by atoms with E-state index < -0.39 is 0 Å². The van der Waals surface area contributed by atoms with Gasteiger partial charge in [-0.1, -0.05) is 50.5 Å². The van der Waals surface area contributed by atoms with Gasteiger partial charge in [0.1, 0.15) is 28.9 Å². The topological polar surface area (TPSA) is 81.2 Å². The number of rotatable bonds is 9. The van der Waals surface area contributed by atoms with Crippen molar-refractivity contribution >= 4 is 5.82 Å². The number of nitrogens with zero attached hydrogens (tertiary/aromatic N) is 2. The predicted molar refractivity (Wildman–Crippen MR) is 120 cm³/mol. The van der Waals surface area contributed by atoms with Gasteiger partial charge in [0.05, 0.1) is 19.4 Å². The monoisotopic (exact) mass is 401 g/mol. The summed E-state index contributed by atoms with van der Waals surface area (Å²) in [6, 6.07) is 19.4. The van der Waals surface area contributed by atoms with Gasteiger partial charge >= 0.3 is 0 Å². The van der Waals surface area contributed by atoms with Crippen molar-refractivity contribution in [1.29, 1.82) is 5.26 Å². The van der Waals surface area contributed by atoms with Crippen LogP contribution in [0.5, 0.6) is 11.5 Å². The molecule has 0 aliphatic carbocycles. The number of ether oxygens (including phenoxy) is 2. The summed E-state index contributed by atoms with van der Waals surface area (Å²) in [7, 11) is 1.62. The third-order valence-electron chi connectivity index (χ3n) is 4.97. The zero-order valence-corrected chi connectivity index (χ0v) is 17.5. The van der Waals surface area contributed by atoms with Crippen LogP contribution >= 0.6 is 0 Å². The fraction of sp³-hybridized carbons (Fsp3) is 0.280. The first-order chi connectivity index (χ1) is 14.7. The normalized spacial score (nSPS) is 10.4. The van der Waals surface area contributed by atoms with Crippen LogP contribution in [0.2, 0.25) is 0 Å². The van der Waals surface area contributed by atoms with Crippen LogP contribution in [0.1, 0.15) is 38.2 Å². The first kappa shape index (κ1) is 21.2. The Bertz CT molecular complexity index is 1020. The van der Waals surface area contributed by atoms with Gasteiger partial charge in [-0.3, -0.25) is 0 Å². The standard InChI is InChI=1S/C25H27N3O2/c1-3-4-5-8-15-30-19-13-11-18(12-14-19)21-16-23(28-25(27)22(21)17-26)20-9-6-7-10-24(20)29-2/h6-7,9-14,16H,3-5,8,15H2,1-2H3,(H2,27,28). The third-order valence-corrected chi connectivity index (χ3v) is 4.97. The minimum atomic E-state index is 0.201. The molecule has 154 valence electrons. The molecule has 0 unspecified atom stereocenters. The van der Waals surface area contributed by atoms with Gasteiger partial charge in [0.15, 0.2) is 0 Å². The first-order valence-corrected chi connectivity index (χ1v) is 10.2. The van der Waals surface area contributed by atoms with Gasteiger partial charge in [-0.25, -0.2) is 4.98 Å². The number of nitrogens with two attached hydrogens (primary N) is 1. The second kappa shape index (κ2) is 10.3. The Morgan fingerprint density at radius 2 is 1.77 bits per heavy atom. The molecule has 0 fully saturated rings. The van der Waals surface area contributed by atoms with Crippen LogP contribution in [0.25, 0.3) is 22.4 Å². The number of benzene rings is 2. The molecule has 0 saturated carbocycles. The molecule has 5 heteroatoms. The molecule has 1 aromatic heterocycles. The van der Waals surface area contributed by atoms with Crippen LogP contribution in [0, 0.1) is 11.3 Å². The average Bonchev–Trinajstić information content (AvgIpc) is 2.78. The van der Waals surface area contributed by atoms with Crippen molar-refractivity contribution in [3.63, 3.8) is 0 Å². The number of hydrogen-bond donors (Lipinski definition) is 1. The van der Waals surface area contributed by atoms with E-state index in [1.807, 2.05) is 54.6 Å². The molecule has 0 aliphatic heterocycles. The predicted octanol–water partition coefficient (Wildman–Crippen LogP) is 5.84. The minimum Gasteiger partial charge on any atom is -0.496 e. The van der Waals surface area contributed by atoms with E-state index in [0.29, 0.717) is 23.6 Å². The van der Waals surface area contributed by atoms with E-state index in [-0.39, 0.29) is 5.82 Å². The SMILES string of the molecule is CCCCCCOc1ccc(-c2cc(-c3ccccc3OC)nc(N)c2C#N)cc1. The minimum absolute atomic E-state index is 0.201. The lowest BCUT2D eigenvalue weighted by molar-refractivity contribution is 0.305. The van der Waals surface area contributed by atoms with E-state index >= 15 is 0 Å². The number of anilines is 1. The molecule has 5 nitrogen and oxygen atoms in total. The van der Waals surface area contributed by atoms with Crippen molar-refractivity contribution in [3.05, 3.63) is 60.2 Å². The summed E-state index contributed by atoms with van der Waals surface area (Å²) in [5, 5.41) is 9.64. The highest BCUT2D eigenvalue weighted by Gasteiger charge is 2.15. The summed E-state index contributed by atoms with van der Waals surface area (Å²) < 4.78 is 11.3. The second-order valence-corrected chi connectivity index (χ2v) is 7.06. The van der Waals surface area contributed by atoms with Crippen molar-refractivity contribution in [3.8, 4) is 40.0 Å². The van der Waals surface area contributed by atoms with Crippen LogP contribution in [-0.4, -0.2) is 18.7 Å². The fourth-order valence-corrected chi connectivity index (χ4v) is 3.35. The molecule has 0 spiro atoms. The molecule has 0 saturated heterocycles. The summed E-state index contributed by atoms with van der Waals surface area (Å²) >= 11 is 0. The molecule has 0 aliphatic rings. The van der Waals surface area contributed by atoms with E-state index in [2.05, 4.69) is 18.0 Å². The number of hydrogen-bond acceptors (Lipinski definition) is 5. The molecular weight excluding hydrogens is 374 g/mol. The number of nitriles is 1. The maximum Gasteiger partial charge on any atom is 0.142 e. The smallest absolute Gasteiger partial charge is 0.142 e. The quantitative estimate of drug-likeness (QED) is 0.456. The lowest BCUT2D eigenvalue weighted by Gasteiger charge is -2.13. The Labute approximate surface area is 178 Å². The van der Waals surface area contributed by atoms with Crippen molar-refractivity contribution < 1.29 is 9.47 Å². The van der Waals surface area contributed by atoms with Gasteiger partial charge in [-0.15, -0.1) is 0 Å². The molecule has 30 heavy (non-hydrogen) atoms. The zero-order chi connectivity index (χ0) is 21.3. The van der Waals surface area contributed by atoms with Gasteiger partial charge in [-0.05, 0) is 42.3 Å². The molecule has 3 aromatic rings. The second-order valence-electron chi connectivity index (χ2n) is 7.06. The van der Waals surface area contributed by atoms with Crippen LogP contribution in [0.15, 0.2) is 54.6 Å².